The van der Waals surface area contributed by atoms with E-state index in [9.17, 15) is 0 Å². The molecule has 0 saturated carbocycles. The van der Waals surface area contributed by atoms with E-state index in [-0.39, 0.29) is 40.9 Å². The van der Waals surface area contributed by atoms with Gasteiger partial charge in [-0.3, -0.25) is 5.10 Å². The molecule has 5 N–H and O–H groups in total. The average Bonchev–Trinajstić information content (AvgIpc) is 2.34. The van der Waals surface area contributed by atoms with Crippen LogP contribution in [-0.2, 0) is 0 Å². The number of rotatable bonds is 0. The predicted molar refractivity (Wildman–Crippen MR) is 45.8 cm³/mol. The third kappa shape index (κ3) is 2.07. The van der Waals surface area contributed by atoms with Crippen LogP contribution in [0.15, 0.2) is 6.20 Å². The summed E-state index contributed by atoms with van der Waals surface area (Å²) in [5.41, 5.74) is 0.315. The molecule has 0 radical (unpaired) electrons. The summed E-state index contributed by atoms with van der Waals surface area (Å²) in [5, 5.41) is 24.3. The molecule has 0 atom stereocenters. The Morgan fingerprint density at radius 2 is 1.92 bits per heavy atom. The van der Waals surface area contributed by atoms with Gasteiger partial charge in [0.1, 0.15) is 5.39 Å². The zero-order valence-electron chi connectivity index (χ0n) is 5.81. The number of nitrogens with one attached hydrogen (secondary N) is 1. The molecule has 7 nitrogen and oxygen atoms in total. The first-order valence-electron chi connectivity index (χ1n) is 2.86. The van der Waals surface area contributed by atoms with Crippen LogP contribution in [0.4, 0.5) is 0 Å². The fourth-order valence-electron chi connectivity index (χ4n) is 0.808. The van der Waals surface area contributed by atoms with Crippen LogP contribution in [0.5, 0.6) is 11.9 Å². The Kier molecular flexibility index (Phi) is 4.08. The summed E-state index contributed by atoms with van der Waals surface area (Å²) in [6, 6.07) is -0.473. The van der Waals surface area contributed by atoms with Gasteiger partial charge in [-0.05, 0) is 0 Å². The summed E-state index contributed by atoms with van der Waals surface area (Å²) in [6.07, 6.45) is 1.38. The molecule has 0 bridgehead atoms. The number of nitrogens with zero attached hydrogens (tertiary/aromatic N) is 3. The number of fused-ring (bicyclic) bond motifs is 1. The quantitative estimate of drug-likeness (QED) is 0.430. The van der Waals surface area contributed by atoms with Crippen molar-refractivity contribution >= 4 is 40.6 Å². The van der Waals surface area contributed by atoms with E-state index in [1.165, 1.54) is 6.20 Å². The van der Waals surface area contributed by atoms with Gasteiger partial charge in [0.2, 0.25) is 5.88 Å². The van der Waals surface area contributed by atoms with Crippen LogP contribution in [0.1, 0.15) is 0 Å². The predicted octanol–water partition coefficient (Wildman–Crippen LogP) is -1.71. The van der Waals surface area contributed by atoms with Crippen LogP contribution in [-0.4, -0.2) is 65.4 Å². The van der Waals surface area contributed by atoms with Gasteiger partial charge in [-0.1, -0.05) is 0 Å². The Bertz CT molecular complexity index is 404. The molecular formula is C5H7N4NaO3. The molecule has 13 heavy (non-hydrogen) atoms. The van der Waals surface area contributed by atoms with E-state index >= 15 is 0 Å². The second-order valence-electron chi connectivity index (χ2n) is 1.98. The van der Waals surface area contributed by atoms with Gasteiger partial charge in [0.25, 0.3) is 0 Å². The molecule has 0 spiro atoms. The van der Waals surface area contributed by atoms with Gasteiger partial charge in [-0.15, -0.1) is 0 Å². The van der Waals surface area contributed by atoms with Crippen LogP contribution in [0.2, 0.25) is 0 Å². The van der Waals surface area contributed by atoms with Crippen molar-refractivity contribution in [3.63, 3.8) is 0 Å². The topological polar surface area (TPSA) is 126 Å². The zero-order valence-corrected chi connectivity index (χ0v) is 5.81. The van der Waals surface area contributed by atoms with Gasteiger partial charge in [0, 0.05) is 0 Å². The molecule has 0 fully saturated rings. The van der Waals surface area contributed by atoms with Gasteiger partial charge in [-0.25, -0.2) is 0 Å². The number of aromatic hydroxyl groups is 2. The summed E-state index contributed by atoms with van der Waals surface area (Å²) >= 11 is 0. The minimum atomic E-state index is -0.473. The van der Waals surface area contributed by atoms with E-state index in [1.54, 1.807) is 0 Å². The standard InChI is InChI=1S/C5H4N4O2.Na.H2O.H/c10-4-2-1-6-9-3(2)7-5(11)8-4;;;/h1H,(H3,6,7,8,9,10,11);;1H2;. The van der Waals surface area contributed by atoms with Crippen molar-refractivity contribution in [2.75, 3.05) is 0 Å². The van der Waals surface area contributed by atoms with Crippen molar-refractivity contribution in [2.45, 2.75) is 0 Å². The summed E-state index contributed by atoms with van der Waals surface area (Å²) in [6.45, 7) is 0. The Hall–Kier alpha value is -0.890. The van der Waals surface area contributed by atoms with Gasteiger partial charge in [-0.2, -0.15) is 15.1 Å². The van der Waals surface area contributed by atoms with E-state index < -0.39 is 6.01 Å². The van der Waals surface area contributed by atoms with Crippen LogP contribution < -0.4 is 0 Å². The Morgan fingerprint density at radius 3 is 2.62 bits per heavy atom. The first-order valence-corrected chi connectivity index (χ1v) is 2.86. The minimum absolute atomic E-state index is 0. The molecule has 0 aliphatic heterocycles. The summed E-state index contributed by atoms with van der Waals surface area (Å²) in [5.74, 6) is -0.277. The van der Waals surface area contributed by atoms with E-state index in [4.69, 9.17) is 10.2 Å². The van der Waals surface area contributed by atoms with Crippen LogP contribution >= 0.6 is 0 Å². The fraction of sp³-hybridized carbons (Fsp3) is 0. The number of hydrogen-bond acceptors (Lipinski definition) is 5. The maximum atomic E-state index is 9.07. The molecule has 0 aliphatic rings. The number of aromatic nitrogens is 4. The first-order chi connectivity index (χ1) is 5.27. The summed E-state index contributed by atoms with van der Waals surface area (Å²) in [7, 11) is 0. The molecule has 0 aliphatic carbocycles. The van der Waals surface area contributed by atoms with Crippen molar-refractivity contribution in [3.05, 3.63) is 6.20 Å². The Balaban J connectivity index is 0.000000720. The van der Waals surface area contributed by atoms with Gasteiger partial charge in [0.15, 0.2) is 5.65 Å². The molecule has 2 aromatic heterocycles. The molecular weight excluding hydrogens is 187 g/mol. The third-order valence-corrected chi connectivity index (χ3v) is 1.28. The Labute approximate surface area is 94.4 Å². The van der Waals surface area contributed by atoms with Crippen molar-refractivity contribution in [3.8, 4) is 11.9 Å². The van der Waals surface area contributed by atoms with Crippen LogP contribution in [0.3, 0.4) is 0 Å². The van der Waals surface area contributed by atoms with E-state index in [1.807, 2.05) is 0 Å². The molecule has 8 heteroatoms. The zero-order chi connectivity index (χ0) is 7.84. The summed E-state index contributed by atoms with van der Waals surface area (Å²) < 4.78 is 0. The molecule has 0 amide bonds. The van der Waals surface area contributed by atoms with Crippen LogP contribution in [0, 0.1) is 0 Å². The maximum absolute atomic E-state index is 9.07. The fourth-order valence-corrected chi connectivity index (χ4v) is 0.808. The number of H-pyrrole nitrogens is 1. The van der Waals surface area contributed by atoms with Crippen molar-refractivity contribution < 1.29 is 15.7 Å². The number of aromatic amines is 1. The number of hydrogen-bond donors (Lipinski definition) is 3. The molecule has 2 aromatic rings. The summed E-state index contributed by atoms with van der Waals surface area (Å²) in [4.78, 5) is 6.88. The molecule has 0 aromatic carbocycles. The SMILES string of the molecule is O.Oc1nc(O)c2cn[nH]c2n1.[NaH]. The third-order valence-electron chi connectivity index (χ3n) is 1.28. The molecule has 0 saturated heterocycles. The van der Waals surface area contributed by atoms with Crippen LogP contribution in [0.25, 0.3) is 11.0 Å². The second kappa shape index (κ2) is 4.38. The second-order valence-corrected chi connectivity index (χ2v) is 1.98. The monoisotopic (exact) mass is 194 g/mol. The van der Waals surface area contributed by atoms with E-state index in [0.717, 1.165) is 0 Å². The van der Waals surface area contributed by atoms with Crippen molar-refractivity contribution in [1.29, 1.82) is 0 Å². The molecule has 2 rings (SSSR count). The first kappa shape index (κ1) is 12.1. The van der Waals surface area contributed by atoms with Crippen molar-refractivity contribution in [2.24, 2.45) is 0 Å². The van der Waals surface area contributed by atoms with Gasteiger partial charge < -0.3 is 15.7 Å². The molecule has 0 unspecified atom stereocenters. The van der Waals surface area contributed by atoms with E-state index in [0.29, 0.717) is 11.0 Å². The van der Waals surface area contributed by atoms with E-state index in [2.05, 4.69) is 20.2 Å². The molecule has 66 valence electrons. The molecule has 2 heterocycles. The Morgan fingerprint density at radius 1 is 1.23 bits per heavy atom. The normalized spacial score (nSPS) is 8.92. The van der Waals surface area contributed by atoms with Crippen molar-refractivity contribution in [1.82, 2.24) is 20.2 Å². The van der Waals surface area contributed by atoms with Gasteiger partial charge in [0.05, 0.1) is 6.20 Å². The average molecular weight is 194 g/mol. The van der Waals surface area contributed by atoms with Gasteiger partial charge >= 0.3 is 35.6 Å².